The number of aliphatic hydroxyl groups excluding tert-OH is 2. The highest BCUT2D eigenvalue weighted by Gasteiger charge is 2.48. The summed E-state index contributed by atoms with van der Waals surface area (Å²) in [6, 6.07) is 0. The molecule has 20 heavy (non-hydrogen) atoms. The van der Waals surface area contributed by atoms with Crippen molar-refractivity contribution in [3.63, 3.8) is 0 Å². The van der Waals surface area contributed by atoms with Crippen LogP contribution in [-0.4, -0.2) is 47.0 Å². The molecule has 0 aliphatic carbocycles. The molecule has 4 N–H and O–H groups in total. The van der Waals surface area contributed by atoms with Gasteiger partial charge >= 0.3 is 0 Å². The lowest BCUT2D eigenvalue weighted by Crippen LogP contribution is -2.35. The lowest BCUT2D eigenvalue weighted by molar-refractivity contribution is -0.0744. The maximum Gasteiger partial charge on any atom is 0.278 e. The van der Waals surface area contributed by atoms with Gasteiger partial charge in [0, 0.05) is 0 Å². The SMILES string of the molecule is CC1(O)C(O)=C(CO)OC1n1cnc2c(=O)[nH]cnc21. The Balaban J connectivity index is 2.14. The van der Waals surface area contributed by atoms with Crippen LogP contribution in [0.4, 0.5) is 0 Å². The zero-order chi connectivity index (χ0) is 14.5. The van der Waals surface area contributed by atoms with Crippen molar-refractivity contribution in [3.05, 3.63) is 34.5 Å². The van der Waals surface area contributed by atoms with E-state index in [4.69, 9.17) is 9.84 Å². The summed E-state index contributed by atoms with van der Waals surface area (Å²) in [5.74, 6) is -0.594. The van der Waals surface area contributed by atoms with Crippen LogP contribution in [-0.2, 0) is 4.74 Å². The van der Waals surface area contributed by atoms with Gasteiger partial charge in [0.1, 0.15) is 12.9 Å². The third-order valence-electron chi connectivity index (χ3n) is 3.24. The molecule has 2 atom stereocenters. The van der Waals surface area contributed by atoms with Gasteiger partial charge in [0.2, 0.25) is 6.23 Å². The van der Waals surface area contributed by atoms with Crippen molar-refractivity contribution < 1.29 is 20.1 Å². The van der Waals surface area contributed by atoms with Crippen molar-refractivity contribution in [2.24, 2.45) is 0 Å². The standard InChI is InChI=1S/C11H12N4O5/c1-11(19)7(17)5(2-16)20-10(11)15-4-14-6-8(15)12-3-13-9(6)18/h3-4,10,16-17,19H,2H2,1H3,(H,12,13,18). The van der Waals surface area contributed by atoms with Crippen molar-refractivity contribution in [1.29, 1.82) is 0 Å². The molecule has 0 saturated heterocycles. The molecule has 0 saturated carbocycles. The lowest BCUT2D eigenvalue weighted by Gasteiger charge is -2.25. The van der Waals surface area contributed by atoms with Gasteiger partial charge in [-0.3, -0.25) is 9.36 Å². The van der Waals surface area contributed by atoms with Crippen LogP contribution < -0.4 is 5.56 Å². The average Bonchev–Trinajstić information content (AvgIpc) is 2.92. The van der Waals surface area contributed by atoms with E-state index in [9.17, 15) is 15.0 Å². The van der Waals surface area contributed by atoms with Crippen LogP contribution in [0.1, 0.15) is 13.2 Å². The molecule has 3 rings (SSSR count). The van der Waals surface area contributed by atoms with Crippen molar-refractivity contribution in [1.82, 2.24) is 19.5 Å². The van der Waals surface area contributed by atoms with Crippen molar-refractivity contribution >= 4 is 11.2 Å². The van der Waals surface area contributed by atoms with Gasteiger partial charge in [0.15, 0.2) is 28.3 Å². The van der Waals surface area contributed by atoms with E-state index in [1.807, 2.05) is 0 Å². The largest absolute Gasteiger partial charge is 0.506 e. The predicted molar refractivity (Wildman–Crippen MR) is 65.6 cm³/mol. The lowest BCUT2D eigenvalue weighted by atomic mass is 10.0. The predicted octanol–water partition coefficient (Wildman–Crippen LogP) is -0.839. The first-order chi connectivity index (χ1) is 9.46. The molecule has 0 aromatic carbocycles. The molecule has 9 heteroatoms. The molecule has 0 spiro atoms. The molecular formula is C11H12N4O5. The summed E-state index contributed by atoms with van der Waals surface area (Å²) in [5, 5.41) is 29.2. The number of rotatable bonds is 2. The quantitative estimate of drug-likeness (QED) is 0.563. The van der Waals surface area contributed by atoms with E-state index in [0.717, 1.165) is 0 Å². The van der Waals surface area contributed by atoms with Crippen LogP contribution in [0.25, 0.3) is 11.2 Å². The second-order valence-corrected chi connectivity index (χ2v) is 4.60. The van der Waals surface area contributed by atoms with Crippen LogP contribution in [0.15, 0.2) is 29.0 Å². The minimum Gasteiger partial charge on any atom is -0.506 e. The molecule has 2 aromatic heterocycles. The van der Waals surface area contributed by atoms with Crippen molar-refractivity contribution in [2.45, 2.75) is 18.8 Å². The number of fused-ring (bicyclic) bond motifs is 1. The number of aromatic amines is 1. The van der Waals surface area contributed by atoms with Crippen LogP contribution in [0, 0.1) is 0 Å². The Hall–Kier alpha value is -2.39. The van der Waals surface area contributed by atoms with Crippen molar-refractivity contribution in [3.8, 4) is 0 Å². The molecule has 106 valence electrons. The Labute approximate surface area is 111 Å². The van der Waals surface area contributed by atoms with E-state index in [-0.39, 0.29) is 16.9 Å². The molecule has 0 amide bonds. The Morgan fingerprint density at radius 2 is 2.30 bits per heavy atom. The molecule has 1 aliphatic rings. The molecule has 0 fully saturated rings. The molecule has 1 aliphatic heterocycles. The molecule has 0 radical (unpaired) electrons. The van der Waals surface area contributed by atoms with E-state index in [1.54, 1.807) is 0 Å². The summed E-state index contributed by atoms with van der Waals surface area (Å²) < 4.78 is 6.65. The average molecular weight is 280 g/mol. The zero-order valence-corrected chi connectivity index (χ0v) is 10.4. The number of hydrogen-bond acceptors (Lipinski definition) is 7. The molecule has 3 heterocycles. The summed E-state index contributed by atoms with van der Waals surface area (Å²) in [6.07, 6.45) is 1.40. The Morgan fingerprint density at radius 1 is 1.55 bits per heavy atom. The second-order valence-electron chi connectivity index (χ2n) is 4.60. The van der Waals surface area contributed by atoms with Gasteiger partial charge in [0.25, 0.3) is 5.56 Å². The van der Waals surface area contributed by atoms with Gasteiger partial charge in [-0.15, -0.1) is 0 Å². The highest BCUT2D eigenvalue weighted by atomic mass is 16.6. The smallest absolute Gasteiger partial charge is 0.278 e. The van der Waals surface area contributed by atoms with Crippen LogP contribution >= 0.6 is 0 Å². The fraction of sp³-hybridized carbons (Fsp3) is 0.364. The number of hydrogen-bond donors (Lipinski definition) is 4. The Kier molecular flexibility index (Phi) is 2.56. The number of aliphatic hydroxyl groups is 3. The monoisotopic (exact) mass is 280 g/mol. The first-order valence-electron chi connectivity index (χ1n) is 5.79. The first-order valence-corrected chi connectivity index (χ1v) is 5.79. The summed E-state index contributed by atoms with van der Waals surface area (Å²) in [6.45, 7) is 0.772. The number of imidazole rings is 1. The van der Waals surface area contributed by atoms with Crippen LogP contribution in [0.2, 0.25) is 0 Å². The highest BCUT2D eigenvalue weighted by Crippen LogP contribution is 2.40. The van der Waals surface area contributed by atoms with E-state index < -0.39 is 29.8 Å². The Morgan fingerprint density at radius 3 is 2.95 bits per heavy atom. The minimum atomic E-state index is -1.77. The normalized spacial score (nSPS) is 26.2. The van der Waals surface area contributed by atoms with Gasteiger partial charge in [-0.1, -0.05) is 0 Å². The number of nitrogens with zero attached hydrogens (tertiary/aromatic N) is 3. The van der Waals surface area contributed by atoms with Gasteiger partial charge in [0.05, 0.1) is 6.33 Å². The third-order valence-corrected chi connectivity index (χ3v) is 3.24. The topological polar surface area (TPSA) is 133 Å². The highest BCUT2D eigenvalue weighted by molar-refractivity contribution is 5.69. The van der Waals surface area contributed by atoms with E-state index >= 15 is 0 Å². The van der Waals surface area contributed by atoms with E-state index in [2.05, 4.69) is 15.0 Å². The number of H-pyrrole nitrogens is 1. The summed E-state index contributed by atoms with van der Waals surface area (Å²) in [5.41, 5.74) is -1.91. The van der Waals surface area contributed by atoms with E-state index in [1.165, 1.54) is 24.1 Å². The number of nitrogens with one attached hydrogen (secondary N) is 1. The zero-order valence-electron chi connectivity index (χ0n) is 10.4. The molecule has 9 nitrogen and oxygen atoms in total. The van der Waals surface area contributed by atoms with Crippen molar-refractivity contribution in [2.75, 3.05) is 6.61 Å². The van der Waals surface area contributed by atoms with Gasteiger partial charge in [-0.05, 0) is 6.92 Å². The maximum atomic E-state index is 11.6. The number of ether oxygens (including phenoxy) is 1. The maximum absolute atomic E-state index is 11.6. The van der Waals surface area contributed by atoms with Crippen LogP contribution in [0.3, 0.4) is 0 Å². The summed E-state index contributed by atoms with van der Waals surface area (Å²) in [7, 11) is 0. The van der Waals surface area contributed by atoms with E-state index in [0.29, 0.717) is 0 Å². The fourth-order valence-corrected chi connectivity index (χ4v) is 2.18. The summed E-state index contributed by atoms with van der Waals surface area (Å²) >= 11 is 0. The van der Waals surface area contributed by atoms with Gasteiger partial charge in [-0.25, -0.2) is 9.97 Å². The minimum absolute atomic E-state index is 0.0869. The van der Waals surface area contributed by atoms with Crippen LogP contribution in [0.5, 0.6) is 0 Å². The Bertz CT molecular complexity index is 760. The first kappa shape index (κ1) is 12.6. The number of aromatic nitrogens is 4. The third kappa shape index (κ3) is 1.53. The summed E-state index contributed by atoms with van der Waals surface area (Å²) in [4.78, 5) is 21.8. The molecular weight excluding hydrogens is 268 g/mol. The molecule has 2 unspecified atom stereocenters. The van der Waals surface area contributed by atoms with Gasteiger partial charge in [-0.2, -0.15) is 0 Å². The molecule has 2 aromatic rings. The fourth-order valence-electron chi connectivity index (χ4n) is 2.18. The molecule has 0 bridgehead atoms. The second kappa shape index (κ2) is 4.05. The van der Waals surface area contributed by atoms with Gasteiger partial charge < -0.3 is 25.0 Å².